The topological polar surface area (TPSA) is 106 Å². The molecule has 0 aliphatic carbocycles. The van der Waals surface area contributed by atoms with Crippen molar-refractivity contribution >= 4 is 11.9 Å². The fraction of sp³-hybridized carbons (Fsp3) is 0.625. The zero-order chi connectivity index (χ0) is 20.9. The number of fused-ring (bicyclic) bond motifs is 3. The second-order valence-electron chi connectivity index (χ2n) is 7.32. The number of aromatic nitrogens is 2. The van der Waals surface area contributed by atoms with Gasteiger partial charge in [-0.05, 0) is 20.8 Å². The summed E-state index contributed by atoms with van der Waals surface area (Å²) in [5, 5.41) is 0. The van der Waals surface area contributed by atoms with Crippen LogP contribution < -0.4 is 10.3 Å². The van der Waals surface area contributed by atoms with E-state index < -0.39 is 60.2 Å². The summed E-state index contributed by atoms with van der Waals surface area (Å²) in [4.78, 5) is 38.2. The first-order chi connectivity index (χ1) is 12.9. The van der Waals surface area contributed by atoms with Crippen molar-refractivity contribution in [2.24, 2.45) is 5.41 Å². The molecule has 12 heteroatoms. The maximum absolute atomic E-state index is 12.7. The van der Waals surface area contributed by atoms with Gasteiger partial charge in [-0.25, -0.2) is 4.79 Å². The molecule has 3 rings (SSSR count). The molecule has 154 valence electrons. The van der Waals surface area contributed by atoms with Gasteiger partial charge >= 0.3 is 24.1 Å². The standard InChI is InChI=1S/C16H17F3N2O7/c1-15(2,3)12(23)25-6-7-9(27-13(24)16(17,18)19)10-11(26-7)21-5-4-8(22)20-14(21)28-10/h4-5,7,9-11H,6H2,1-3H3. The summed E-state index contributed by atoms with van der Waals surface area (Å²) in [7, 11) is 0. The van der Waals surface area contributed by atoms with E-state index in [1.807, 2.05) is 0 Å². The SMILES string of the molecule is CC(C)(C)C(=O)OCC1OC2C(Oc3nc(=O)ccn32)C1OC(=O)C(F)(F)F. The first-order valence-electron chi connectivity index (χ1n) is 8.24. The molecule has 0 amide bonds. The van der Waals surface area contributed by atoms with Crippen LogP contribution in [0.15, 0.2) is 17.1 Å². The van der Waals surface area contributed by atoms with Crippen molar-refractivity contribution in [1.29, 1.82) is 0 Å². The first kappa shape index (κ1) is 20.1. The summed E-state index contributed by atoms with van der Waals surface area (Å²) in [6, 6.07) is 0.933. The number of carbonyl (C=O) groups excluding carboxylic acids is 2. The molecule has 1 saturated heterocycles. The van der Waals surface area contributed by atoms with Gasteiger partial charge in [0, 0.05) is 12.3 Å². The van der Waals surface area contributed by atoms with Gasteiger partial charge in [0.25, 0.3) is 5.56 Å². The van der Waals surface area contributed by atoms with Crippen molar-refractivity contribution < 1.29 is 41.7 Å². The second kappa shape index (κ2) is 6.76. The summed E-state index contributed by atoms with van der Waals surface area (Å²) in [5.41, 5.74) is -1.47. The number of nitrogens with zero attached hydrogens (tertiary/aromatic N) is 2. The Morgan fingerprint density at radius 1 is 1.25 bits per heavy atom. The molecule has 9 nitrogen and oxygen atoms in total. The number of alkyl halides is 3. The van der Waals surface area contributed by atoms with Crippen molar-refractivity contribution in [1.82, 2.24) is 9.55 Å². The highest BCUT2D eigenvalue weighted by Gasteiger charge is 2.56. The predicted molar refractivity (Wildman–Crippen MR) is 83.2 cm³/mol. The number of ether oxygens (including phenoxy) is 4. The quantitative estimate of drug-likeness (QED) is 0.684. The maximum Gasteiger partial charge on any atom is 0.490 e. The van der Waals surface area contributed by atoms with Crippen molar-refractivity contribution in [2.75, 3.05) is 6.61 Å². The average Bonchev–Trinajstić information content (AvgIpc) is 3.06. The second-order valence-corrected chi connectivity index (χ2v) is 7.32. The van der Waals surface area contributed by atoms with Crippen molar-refractivity contribution in [3.63, 3.8) is 0 Å². The van der Waals surface area contributed by atoms with Crippen molar-refractivity contribution in [3.8, 4) is 6.01 Å². The Labute approximate surface area is 156 Å². The molecule has 1 aromatic heterocycles. The van der Waals surface area contributed by atoms with E-state index in [4.69, 9.17) is 14.2 Å². The molecule has 4 atom stereocenters. The Hall–Kier alpha value is -2.63. The minimum absolute atomic E-state index is 0.180. The predicted octanol–water partition coefficient (Wildman–Crippen LogP) is 0.965. The normalized spacial score (nSPS) is 26.2. The lowest BCUT2D eigenvalue weighted by molar-refractivity contribution is -0.210. The van der Waals surface area contributed by atoms with Gasteiger partial charge in [-0.2, -0.15) is 18.2 Å². The maximum atomic E-state index is 12.7. The van der Waals surface area contributed by atoms with E-state index in [0.717, 1.165) is 6.07 Å². The number of halogens is 3. The van der Waals surface area contributed by atoms with E-state index in [0.29, 0.717) is 0 Å². The molecular formula is C16H17F3N2O7. The summed E-state index contributed by atoms with van der Waals surface area (Å²) in [6.07, 6.45) is -8.89. The van der Waals surface area contributed by atoms with Crippen LogP contribution in [0.3, 0.4) is 0 Å². The van der Waals surface area contributed by atoms with Crippen LogP contribution in [0.5, 0.6) is 6.01 Å². The van der Waals surface area contributed by atoms with Gasteiger partial charge in [-0.1, -0.05) is 0 Å². The highest BCUT2D eigenvalue weighted by molar-refractivity contribution is 5.76. The fourth-order valence-electron chi connectivity index (χ4n) is 2.70. The molecule has 28 heavy (non-hydrogen) atoms. The van der Waals surface area contributed by atoms with Gasteiger partial charge in [0.05, 0.1) is 5.41 Å². The summed E-state index contributed by atoms with van der Waals surface area (Å²) < 4.78 is 59.9. The molecule has 4 unspecified atom stereocenters. The lowest BCUT2D eigenvalue weighted by Gasteiger charge is -2.24. The van der Waals surface area contributed by atoms with Gasteiger partial charge in [0.1, 0.15) is 12.7 Å². The molecule has 1 fully saturated rings. The molecule has 0 radical (unpaired) electrons. The average molecular weight is 406 g/mol. The van der Waals surface area contributed by atoms with Crippen LogP contribution in [0.2, 0.25) is 0 Å². The first-order valence-corrected chi connectivity index (χ1v) is 8.24. The van der Waals surface area contributed by atoms with E-state index in [-0.39, 0.29) is 6.01 Å². The van der Waals surface area contributed by atoms with Gasteiger partial charge in [-0.15, -0.1) is 0 Å². The third-order valence-corrected chi connectivity index (χ3v) is 4.07. The van der Waals surface area contributed by atoms with Gasteiger partial charge in [-0.3, -0.25) is 14.2 Å². The summed E-state index contributed by atoms with van der Waals surface area (Å²) in [5.74, 6) is -3.04. The molecule has 0 N–H and O–H groups in total. The zero-order valence-corrected chi connectivity index (χ0v) is 15.1. The van der Waals surface area contributed by atoms with E-state index in [9.17, 15) is 27.6 Å². The Morgan fingerprint density at radius 2 is 1.93 bits per heavy atom. The molecule has 3 heterocycles. The lowest BCUT2D eigenvalue weighted by Crippen LogP contribution is -2.43. The lowest BCUT2D eigenvalue weighted by atomic mass is 9.97. The Kier molecular flexibility index (Phi) is 4.86. The zero-order valence-electron chi connectivity index (χ0n) is 15.1. The largest absolute Gasteiger partial charge is 0.490 e. The number of hydrogen-bond acceptors (Lipinski definition) is 8. The fourth-order valence-corrected chi connectivity index (χ4v) is 2.70. The molecule has 0 spiro atoms. The van der Waals surface area contributed by atoms with Crippen molar-refractivity contribution in [3.05, 3.63) is 22.6 Å². The van der Waals surface area contributed by atoms with Crippen molar-refractivity contribution in [2.45, 2.75) is 51.5 Å². The van der Waals surface area contributed by atoms with Crippen LogP contribution in [0.25, 0.3) is 0 Å². The molecular weight excluding hydrogens is 389 g/mol. The van der Waals surface area contributed by atoms with Crippen LogP contribution in [0.1, 0.15) is 27.0 Å². The van der Waals surface area contributed by atoms with Gasteiger partial charge < -0.3 is 18.9 Å². The minimum Gasteiger partial charge on any atom is -0.462 e. The molecule has 0 saturated carbocycles. The Morgan fingerprint density at radius 3 is 2.54 bits per heavy atom. The smallest absolute Gasteiger partial charge is 0.462 e. The Balaban J connectivity index is 1.82. The van der Waals surface area contributed by atoms with Crippen LogP contribution in [0, 0.1) is 5.41 Å². The third kappa shape index (κ3) is 3.81. The summed E-state index contributed by atoms with van der Waals surface area (Å²) >= 11 is 0. The van der Waals surface area contributed by atoms with Crippen LogP contribution in [0.4, 0.5) is 13.2 Å². The summed E-state index contributed by atoms with van der Waals surface area (Å²) in [6.45, 7) is 4.34. The molecule has 0 aromatic carbocycles. The number of hydrogen-bond donors (Lipinski definition) is 0. The third-order valence-electron chi connectivity index (χ3n) is 4.07. The molecule has 2 aliphatic heterocycles. The highest BCUT2D eigenvalue weighted by Crippen LogP contribution is 2.41. The van der Waals surface area contributed by atoms with E-state index in [1.165, 1.54) is 10.8 Å². The molecule has 1 aromatic rings. The monoisotopic (exact) mass is 406 g/mol. The van der Waals surface area contributed by atoms with E-state index in [2.05, 4.69) is 9.72 Å². The number of esters is 2. The molecule has 2 aliphatic rings. The highest BCUT2D eigenvalue weighted by atomic mass is 19.4. The van der Waals surface area contributed by atoms with E-state index in [1.54, 1.807) is 20.8 Å². The van der Waals surface area contributed by atoms with Gasteiger partial charge in [0.15, 0.2) is 18.4 Å². The van der Waals surface area contributed by atoms with Gasteiger partial charge in [0.2, 0.25) is 0 Å². The minimum atomic E-state index is -5.23. The number of carbonyl (C=O) groups is 2. The van der Waals surface area contributed by atoms with Crippen LogP contribution in [-0.2, 0) is 23.8 Å². The van der Waals surface area contributed by atoms with E-state index >= 15 is 0 Å². The van der Waals surface area contributed by atoms with Crippen LogP contribution >= 0.6 is 0 Å². The van der Waals surface area contributed by atoms with Crippen LogP contribution in [-0.4, -0.2) is 52.6 Å². The number of rotatable bonds is 3. The molecule has 0 bridgehead atoms. The Bertz CT molecular complexity index is 846.